The monoisotopic (exact) mass is 421 g/mol. The number of nitrogens with zero attached hydrogens (tertiary/aromatic N) is 1. The molecule has 0 aromatic heterocycles. The molecule has 4 rings (SSSR count). The van der Waals surface area contributed by atoms with Gasteiger partial charge in [-0.3, -0.25) is 9.69 Å². The molecule has 0 aliphatic carbocycles. The van der Waals surface area contributed by atoms with E-state index in [1.807, 2.05) is 37.3 Å². The molecule has 0 radical (unpaired) electrons. The highest BCUT2D eigenvalue weighted by molar-refractivity contribution is 6.30. The second kappa shape index (κ2) is 7.82. The molecule has 0 saturated heterocycles. The molecule has 2 atom stereocenters. The number of halogens is 1. The first-order valence-corrected chi connectivity index (χ1v) is 9.83. The van der Waals surface area contributed by atoms with Crippen LogP contribution in [0.25, 0.3) is 0 Å². The van der Waals surface area contributed by atoms with E-state index in [9.17, 15) is 14.7 Å². The molecule has 0 saturated carbocycles. The van der Waals surface area contributed by atoms with E-state index in [2.05, 4.69) is 10.6 Å². The van der Waals surface area contributed by atoms with E-state index in [1.165, 1.54) is 0 Å². The third-order valence-corrected chi connectivity index (χ3v) is 5.37. The van der Waals surface area contributed by atoms with E-state index < -0.39 is 17.7 Å². The van der Waals surface area contributed by atoms with Crippen molar-refractivity contribution in [2.24, 2.45) is 0 Å². The van der Waals surface area contributed by atoms with Crippen molar-refractivity contribution in [1.82, 2.24) is 5.32 Å². The Balaban J connectivity index is 1.79. The lowest BCUT2D eigenvalue weighted by molar-refractivity contribution is -0.141. The van der Waals surface area contributed by atoms with Gasteiger partial charge < -0.3 is 15.7 Å². The molecule has 1 aliphatic rings. The van der Waals surface area contributed by atoms with Crippen molar-refractivity contribution in [2.75, 3.05) is 10.2 Å². The predicted molar refractivity (Wildman–Crippen MR) is 116 cm³/mol. The molecular formula is C23H20ClN3O3. The van der Waals surface area contributed by atoms with Gasteiger partial charge in [0, 0.05) is 16.3 Å². The molecular weight excluding hydrogens is 402 g/mol. The molecule has 1 heterocycles. The van der Waals surface area contributed by atoms with E-state index in [-0.39, 0.29) is 11.6 Å². The van der Waals surface area contributed by atoms with E-state index in [0.717, 1.165) is 10.5 Å². The van der Waals surface area contributed by atoms with Crippen LogP contribution in [0.2, 0.25) is 5.02 Å². The van der Waals surface area contributed by atoms with Crippen LogP contribution >= 0.6 is 11.6 Å². The molecule has 3 aromatic carbocycles. The number of fused-ring (bicyclic) bond motifs is 1. The van der Waals surface area contributed by atoms with Gasteiger partial charge in [-0.15, -0.1) is 0 Å². The van der Waals surface area contributed by atoms with Gasteiger partial charge in [0.15, 0.2) is 0 Å². The SMILES string of the molecule is CC(NC(=O)C1(O)c2ccccc2NC(=O)N1c1ccc(Cl)cc1)c1ccccc1. The van der Waals surface area contributed by atoms with Gasteiger partial charge in [-0.05, 0) is 42.8 Å². The van der Waals surface area contributed by atoms with Gasteiger partial charge in [0.2, 0.25) is 0 Å². The summed E-state index contributed by atoms with van der Waals surface area (Å²) < 4.78 is 0. The van der Waals surface area contributed by atoms with Crippen LogP contribution in [0.1, 0.15) is 24.1 Å². The number of rotatable bonds is 4. The molecule has 0 bridgehead atoms. The van der Waals surface area contributed by atoms with Crippen LogP contribution in [0.4, 0.5) is 16.2 Å². The van der Waals surface area contributed by atoms with Crippen LogP contribution in [0, 0.1) is 0 Å². The van der Waals surface area contributed by atoms with Crippen LogP contribution < -0.4 is 15.5 Å². The van der Waals surface area contributed by atoms with Crippen molar-refractivity contribution in [3.63, 3.8) is 0 Å². The molecule has 30 heavy (non-hydrogen) atoms. The summed E-state index contributed by atoms with van der Waals surface area (Å²) in [5.74, 6) is -0.712. The number of carbonyl (C=O) groups excluding carboxylic acids is 2. The lowest BCUT2D eigenvalue weighted by atomic mass is 9.94. The second-order valence-corrected chi connectivity index (χ2v) is 7.50. The zero-order valence-electron chi connectivity index (χ0n) is 16.2. The Kier molecular flexibility index (Phi) is 5.20. The van der Waals surface area contributed by atoms with Crippen LogP contribution in [-0.4, -0.2) is 17.0 Å². The number of urea groups is 1. The third-order valence-electron chi connectivity index (χ3n) is 5.12. The van der Waals surface area contributed by atoms with E-state index in [0.29, 0.717) is 16.4 Å². The van der Waals surface area contributed by atoms with E-state index in [1.54, 1.807) is 48.5 Å². The highest BCUT2D eigenvalue weighted by atomic mass is 35.5. The maximum atomic E-state index is 13.5. The molecule has 3 aromatic rings. The number of para-hydroxylation sites is 1. The summed E-state index contributed by atoms with van der Waals surface area (Å²) in [4.78, 5) is 27.5. The topological polar surface area (TPSA) is 81.7 Å². The van der Waals surface area contributed by atoms with Crippen molar-refractivity contribution >= 4 is 34.9 Å². The molecule has 6 nitrogen and oxygen atoms in total. The summed E-state index contributed by atoms with van der Waals surface area (Å²) in [6.45, 7) is 1.82. The quantitative estimate of drug-likeness (QED) is 0.583. The highest BCUT2D eigenvalue weighted by Crippen LogP contribution is 2.40. The molecule has 0 spiro atoms. The smallest absolute Gasteiger partial charge is 0.329 e. The van der Waals surface area contributed by atoms with Gasteiger partial charge >= 0.3 is 6.03 Å². The minimum atomic E-state index is -2.25. The van der Waals surface area contributed by atoms with Crippen molar-refractivity contribution in [3.05, 3.63) is 95.0 Å². The maximum absolute atomic E-state index is 13.5. The Morgan fingerprint density at radius 1 is 1.03 bits per heavy atom. The number of hydrogen-bond donors (Lipinski definition) is 3. The Hall–Kier alpha value is -3.35. The van der Waals surface area contributed by atoms with Crippen LogP contribution in [-0.2, 0) is 10.5 Å². The minimum absolute atomic E-state index is 0.275. The number of benzene rings is 3. The summed E-state index contributed by atoms with van der Waals surface area (Å²) in [7, 11) is 0. The molecule has 3 amide bonds. The fourth-order valence-electron chi connectivity index (χ4n) is 3.58. The number of anilines is 2. The summed E-state index contributed by atoms with van der Waals surface area (Å²) in [6.07, 6.45) is 0. The molecule has 7 heteroatoms. The lowest BCUT2D eigenvalue weighted by Crippen LogP contribution is -2.62. The zero-order valence-corrected chi connectivity index (χ0v) is 16.9. The maximum Gasteiger partial charge on any atom is 0.329 e. The van der Waals surface area contributed by atoms with Gasteiger partial charge in [0.25, 0.3) is 11.6 Å². The normalized spacial score (nSPS) is 18.9. The average molecular weight is 422 g/mol. The molecule has 152 valence electrons. The first kappa shape index (κ1) is 19.9. The largest absolute Gasteiger partial charge is 0.359 e. The van der Waals surface area contributed by atoms with Gasteiger partial charge in [-0.2, -0.15) is 0 Å². The Bertz CT molecular complexity index is 1090. The summed E-state index contributed by atoms with van der Waals surface area (Å²) >= 11 is 5.98. The van der Waals surface area contributed by atoms with Crippen molar-refractivity contribution in [2.45, 2.75) is 18.7 Å². The number of amides is 3. The number of nitrogens with one attached hydrogen (secondary N) is 2. The standard InChI is InChI=1S/C23H20ClN3O3/c1-15(16-7-3-2-4-8-16)25-21(28)23(30)19-9-5-6-10-20(19)26-22(29)27(23)18-13-11-17(24)12-14-18/h2-15,30H,1H3,(H,25,28)(H,26,29). The summed E-state index contributed by atoms with van der Waals surface area (Å²) in [5, 5.41) is 17.8. The van der Waals surface area contributed by atoms with Crippen LogP contribution in [0.3, 0.4) is 0 Å². The van der Waals surface area contributed by atoms with Gasteiger partial charge in [0.1, 0.15) is 0 Å². The van der Waals surface area contributed by atoms with Crippen molar-refractivity contribution in [1.29, 1.82) is 0 Å². The molecule has 0 fully saturated rings. The predicted octanol–water partition coefficient (Wildman–Crippen LogP) is 4.41. The molecule has 3 N–H and O–H groups in total. The first-order valence-electron chi connectivity index (χ1n) is 9.46. The Morgan fingerprint density at radius 2 is 1.67 bits per heavy atom. The Labute approximate surface area is 179 Å². The first-order chi connectivity index (χ1) is 14.4. The zero-order chi connectivity index (χ0) is 21.3. The van der Waals surface area contributed by atoms with Crippen molar-refractivity contribution < 1.29 is 14.7 Å². The number of aliphatic hydroxyl groups is 1. The highest BCUT2D eigenvalue weighted by Gasteiger charge is 2.52. The van der Waals surface area contributed by atoms with Gasteiger partial charge in [0.05, 0.1) is 11.7 Å². The average Bonchev–Trinajstić information content (AvgIpc) is 2.75. The fraction of sp³-hybridized carbons (Fsp3) is 0.130. The van der Waals surface area contributed by atoms with Crippen molar-refractivity contribution in [3.8, 4) is 0 Å². The number of carbonyl (C=O) groups is 2. The van der Waals surface area contributed by atoms with Crippen LogP contribution in [0.5, 0.6) is 0 Å². The Morgan fingerprint density at radius 3 is 2.37 bits per heavy atom. The molecule has 1 aliphatic heterocycles. The summed E-state index contributed by atoms with van der Waals surface area (Å²) in [5.41, 5.74) is -0.400. The van der Waals surface area contributed by atoms with E-state index in [4.69, 9.17) is 11.6 Å². The third kappa shape index (κ3) is 3.40. The fourth-order valence-corrected chi connectivity index (χ4v) is 3.70. The minimum Gasteiger partial charge on any atom is -0.359 e. The number of hydrogen-bond acceptors (Lipinski definition) is 3. The summed E-state index contributed by atoms with van der Waals surface area (Å²) in [6, 6.07) is 21.4. The van der Waals surface area contributed by atoms with Gasteiger partial charge in [-0.25, -0.2) is 4.79 Å². The van der Waals surface area contributed by atoms with Crippen LogP contribution in [0.15, 0.2) is 78.9 Å². The van der Waals surface area contributed by atoms with E-state index >= 15 is 0 Å². The van der Waals surface area contributed by atoms with Gasteiger partial charge in [-0.1, -0.05) is 60.1 Å². The second-order valence-electron chi connectivity index (χ2n) is 7.07. The molecule has 2 unspecified atom stereocenters. The lowest BCUT2D eigenvalue weighted by Gasteiger charge is -2.43.